The minimum absolute atomic E-state index is 0.0404. The number of halogens is 4. The molecule has 1 unspecified atom stereocenters. The van der Waals surface area contributed by atoms with Gasteiger partial charge in [-0.25, -0.2) is 19.2 Å². The lowest BCUT2D eigenvalue weighted by molar-refractivity contribution is -0.138. The molecule has 3 aromatic heterocycles. The van der Waals surface area contributed by atoms with Crippen LogP contribution < -0.4 is 10.5 Å². The molecule has 1 fully saturated rings. The van der Waals surface area contributed by atoms with Gasteiger partial charge in [0.1, 0.15) is 5.82 Å². The number of aryl methyl sites for hydroxylation is 2. The number of hydrogen-bond acceptors (Lipinski definition) is 6. The topological polar surface area (TPSA) is 89.2 Å². The van der Waals surface area contributed by atoms with Crippen molar-refractivity contribution in [1.29, 1.82) is 0 Å². The number of piperidine rings is 1. The predicted molar refractivity (Wildman–Crippen MR) is 162 cm³/mol. The summed E-state index contributed by atoms with van der Waals surface area (Å²) in [6, 6.07) is 8.61. The fourth-order valence-electron chi connectivity index (χ4n) is 5.99. The molecule has 9 nitrogen and oxygen atoms in total. The Kier molecular flexibility index (Phi) is 7.85. The van der Waals surface area contributed by atoms with E-state index in [2.05, 4.69) is 30.9 Å². The fraction of sp³-hybridized carbons (Fsp3) is 0.387. The third-order valence-corrected chi connectivity index (χ3v) is 8.94. The summed E-state index contributed by atoms with van der Waals surface area (Å²) in [5.41, 5.74) is 1.53. The van der Waals surface area contributed by atoms with Crippen LogP contribution in [0.5, 0.6) is 0 Å². The molecular formula is C31H31BrF3N7O2. The van der Waals surface area contributed by atoms with E-state index in [1.165, 1.54) is 28.0 Å². The first-order valence-corrected chi connectivity index (χ1v) is 15.3. The Bertz CT molecular complexity index is 1790. The molecule has 0 radical (unpaired) electrons. The van der Waals surface area contributed by atoms with Gasteiger partial charge in [0.05, 0.1) is 35.4 Å². The number of aromatic nitrogens is 5. The first kappa shape index (κ1) is 30.0. The van der Waals surface area contributed by atoms with Gasteiger partial charge in [0, 0.05) is 40.4 Å². The highest BCUT2D eigenvalue weighted by Gasteiger charge is 2.36. The number of hydrogen-bond donors (Lipinski definition) is 0. The molecule has 13 heteroatoms. The van der Waals surface area contributed by atoms with E-state index < -0.39 is 23.7 Å². The van der Waals surface area contributed by atoms with Crippen LogP contribution in [0.4, 0.5) is 19.0 Å². The van der Waals surface area contributed by atoms with Crippen LogP contribution in [0, 0.1) is 13.8 Å². The molecule has 4 aromatic rings. The maximum absolute atomic E-state index is 14.2. The molecule has 1 amide bonds. The summed E-state index contributed by atoms with van der Waals surface area (Å²) >= 11 is 2.93. The third-order valence-electron chi connectivity index (χ3n) is 8.25. The zero-order chi connectivity index (χ0) is 31.3. The van der Waals surface area contributed by atoms with Gasteiger partial charge >= 0.3 is 6.18 Å². The van der Waals surface area contributed by atoms with Crippen molar-refractivity contribution >= 4 is 27.7 Å². The molecule has 0 aliphatic carbocycles. The van der Waals surface area contributed by atoms with Crippen molar-refractivity contribution in [2.75, 3.05) is 18.0 Å². The molecule has 0 spiro atoms. The molecule has 1 atom stereocenters. The Morgan fingerprint density at radius 2 is 1.80 bits per heavy atom. The van der Waals surface area contributed by atoms with Gasteiger partial charge in [0.25, 0.3) is 11.5 Å². The van der Waals surface area contributed by atoms with Crippen molar-refractivity contribution in [3.63, 3.8) is 0 Å². The fourth-order valence-corrected chi connectivity index (χ4v) is 6.46. The third kappa shape index (κ3) is 5.53. The zero-order valence-electron chi connectivity index (χ0n) is 24.5. The van der Waals surface area contributed by atoms with Crippen LogP contribution in [0.3, 0.4) is 0 Å². The van der Waals surface area contributed by atoms with Crippen molar-refractivity contribution in [3.05, 3.63) is 91.2 Å². The van der Waals surface area contributed by atoms with Gasteiger partial charge in [0.15, 0.2) is 0 Å². The second kappa shape index (κ2) is 11.5. The van der Waals surface area contributed by atoms with Crippen LogP contribution in [0.2, 0.25) is 0 Å². The molecule has 2 aliphatic rings. The summed E-state index contributed by atoms with van der Waals surface area (Å²) < 4.78 is 43.7. The highest BCUT2D eigenvalue weighted by Crippen LogP contribution is 2.36. The van der Waals surface area contributed by atoms with E-state index in [-0.39, 0.29) is 34.5 Å². The van der Waals surface area contributed by atoms with Crippen molar-refractivity contribution < 1.29 is 18.0 Å². The Morgan fingerprint density at radius 1 is 1.05 bits per heavy atom. The number of anilines is 1. The van der Waals surface area contributed by atoms with E-state index in [9.17, 15) is 22.8 Å². The Hall–Kier alpha value is -4.00. The molecule has 6 rings (SSSR count). The lowest BCUT2D eigenvalue weighted by Gasteiger charge is -2.34. The van der Waals surface area contributed by atoms with Gasteiger partial charge in [-0.15, -0.1) is 0 Å². The molecule has 44 heavy (non-hydrogen) atoms. The SMILES string of the molecule is Cc1cc(C)n(-c2nc3c(c(=O)n2-c2ccc(N4CCCCC4)nc2)CC(C)N(C(=O)c2ccc(Br)c(C(F)(F)F)c2)C3)n1. The van der Waals surface area contributed by atoms with Gasteiger partial charge in [-0.2, -0.15) is 18.3 Å². The van der Waals surface area contributed by atoms with E-state index in [4.69, 9.17) is 4.98 Å². The molecule has 1 aromatic carbocycles. The standard InChI is InChI=1S/C31H31BrF3N7O2/c1-18-13-20(3)42(38-18)30-37-26-17-40(28(43)21-7-9-25(32)24(15-21)31(33,34)35)19(2)14-23(26)29(44)41(30)22-8-10-27(36-16-22)39-11-5-4-6-12-39/h7-10,13,15-16,19H,4-6,11-12,14,17H2,1-3H3. The summed E-state index contributed by atoms with van der Waals surface area (Å²) in [6.45, 7) is 7.31. The number of nitrogens with zero attached hydrogens (tertiary/aromatic N) is 7. The van der Waals surface area contributed by atoms with Crippen LogP contribution in [-0.4, -0.2) is 54.3 Å². The Labute approximate surface area is 260 Å². The van der Waals surface area contributed by atoms with E-state index in [1.807, 2.05) is 32.0 Å². The predicted octanol–water partition coefficient (Wildman–Crippen LogP) is 5.79. The largest absolute Gasteiger partial charge is 0.417 e. The summed E-state index contributed by atoms with van der Waals surface area (Å²) in [6.07, 6.45) is 0.660. The second-order valence-corrected chi connectivity index (χ2v) is 12.3. The summed E-state index contributed by atoms with van der Waals surface area (Å²) in [7, 11) is 0. The highest BCUT2D eigenvalue weighted by molar-refractivity contribution is 9.10. The molecule has 1 saturated heterocycles. The van der Waals surface area contributed by atoms with Gasteiger partial charge in [-0.05, 0) is 82.9 Å². The van der Waals surface area contributed by atoms with Crippen LogP contribution >= 0.6 is 15.9 Å². The number of amides is 1. The second-order valence-electron chi connectivity index (χ2n) is 11.4. The first-order chi connectivity index (χ1) is 20.9. The van der Waals surface area contributed by atoms with Gasteiger partial charge in [-0.1, -0.05) is 15.9 Å². The van der Waals surface area contributed by atoms with Crippen molar-refractivity contribution in [2.45, 2.75) is 65.2 Å². The van der Waals surface area contributed by atoms with Crippen LogP contribution in [0.15, 0.2) is 51.9 Å². The number of pyridine rings is 1. The van der Waals surface area contributed by atoms with Crippen molar-refractivity contribution in [3.8, 4) is 11.6 Å². The lowest BCUT2D eigenvalue weighted by Crippen LogP contribution is -2.46. The van der Waals surface area contributed by atoms with Crippen LogP contribution in [-0.2, 0) is 19.1 Å². The Balaban J connectivity index is 1.42. The molecule has 5 heterocycles. The average Bonchev–Trinajstić information content (AvgIpc) is 3.34. The molecule has 0 saturated carbocycles. The van der Waals surface area contributed by atoms with E-state index in [0.717, 1.165) is 49.2 Å². The van der Waals surface area contributed by atoms with Crippen molar-refractivity contribution in [2.24, 2.45) is 0 Å². The number of rotatable bonds is 4. The maximum atomic E-state index is 14.2. The lowest BCUT2D eigenvalue weighted by atomic mass is 9.98. The number of alkyl halides is 3. The van der Waals surface area contributed by atoms with E-state index in [1.54, 1.807) is 17.8 Å². The van der Waals surface area contributed by atoms with Crippen LogP contribution in [0.25, 0.3) is 11.6 Å². The zero-order valence-corrected chi connectivity index (χ0v) is 26.1. The van der Waals surface area contributed by atoms with Crippen molar-refractivity contribution in [1.82, 2.24) is 29.2 Å². The summed E-state index contributed by atoms with van der Waals surface area (Å²) in [5.74, 6) is 0.526. The minimum Gasteiger partial charge on any atom is -0.357 e. The van der Waals surface area contributed by atoms with Gasteiger partial charge in [-0.3, -0.25) is 9.59 Å². The van der Waals surface area contributed by atoms with Gasteiger partial charge in [0.2, 0.25) is 5.95 Å². The Morgan fingerprint density at radius 3 is 2.43 bits per heavy atom. The number of benzene rings is 1. The summed E-state index contributed by atoms with van der Waals surface area (Å²) in [5, 5.41) is 4.58. The van der Waals surface area contributed by atoms with E-state index >= 15 is 0 Å². The highest BCUT2D eigenvalue weighted by atomic mass is 79.9. The molecule has 230 valence electrons. The smallest absolute Gasteiger partial charge is 0.357 e. The number of carbonyl (C=O) groups excluding carboxylic acids is 1. The molecule has 2 aliphatic heterocycles. The maximum Gasteiger partial charge on any atom is 0.417 e. The number of carbonyl (C=O) groups is 1. The number of fused-ring (bicyclic) bond motifs is 1. The average molecular weight is 671 g/mol. The quantitative estimate of drug-likeness (QED) is 0.273. The van der Waals surface area contributed by atoms with E-state index in [0.29, 0.717) is 16.9 Å². The molecule has 0 bridgehead atoms. The molecular weight excluding hydrogens is 639 g/mol. The monoisotopic (exact) mass is 669 g/mol. The summed E-state index contributed by atoms with van der Waals surface area (Å²) in [4.78, 5) is 41.0. The van der Waals surface area contributed by atoms with Crippen LogP contribution in [0.1, 0.15) is 64.8 Å². The minimum atomic E-state index is -4.63. The normalized spacial score (nSPS) is 17.1. The van der Waals surface area contributed by atoms with Gasteiger partial charge < -0.3 is 9.80 Å². The first-order valence-electron chi connectivity index (χ1n) is 14.5. The molecule has 0 N–H and O–H groups in total.